The summed E-state index contributed by atoms with van der Waals surface area (Å²) in [7, 11) is 0. The van der Waals surface area contributed by atoms with Crippen molar-refractivity contribution in [1.82, 2.24) is 10.2 Å². The molecule has 27 heavy (non-hydrogen) atoms. The number of carbonyl (C=O) groups is 3. The van der Waals surface area contributed by atoms with Crippen LogP contribution in [0.5, 0.6) is 0 Å². The summed E-state index contributed by atoms with van der Waals surface area (Å²) in [6.07, 6.45) is 3.94. The van der Waals surface area contributed by atoms with Crippen LogP contribution in [-0.2, 0) is 4.74 Å². The monoisotopic (exact) mass is 393 g/mol. The zero-order chi connectivity index (χ0) is 18.3. The van der Waals surface area contributed by atoms with E-state index in [1.54, 1.807) is 12.1 Å². The van der Waals surface area contributed by atoms with Crippen molar-refractivity contribution in [2.24, 2.45) is 11.7 Å². The normalized spacial score (nSPS) is 22.4. The van der Waals surface area contributed by atoms with Gasteiger partial charge in [0.15, 0.2) is 0 Å². The third kappa shape index (κ3) is 4.00. The number of ether oxygens (including phenoxy) is 1. The highest BCUT2D eigenvalue weighted by molar-refractivity contribution is 6.22. The molecule has 8 heteroatoms. The predicted octanol–water partition coefficient (Wildman–Crippen LogP) is 1.35. The molecule has 2 atom stereocenters. The molecule has 2 unspecified atom stereocenters. The second-order valence-electron chi connectivity index (χ2n) is 7.33. The number of carbonyl (C=O) groups excluding carboxylic acids is 3. The molecule has 3 amide bonds. The van der Waals surface area contributed by atoms with E-state index in [0.29, 0.717) is 30.2 Å². The summed E-state index contributed by atoms with van der Waals surface area (Å²) < 4.78 is 5.53. The van der Waals surface area contributed by atoms with E-state index in [1.165, 1.54) is 11.0 Å². The molecule has 3 N–H and O–H groups in total. The van der Waals surface area contributed by atoms with Crippen LogP contribution in [0.2, 0.25) is 0 Å². The molecular formula is C19H24ClN3O4. The van der Waals surface area contributed by atoms with Crippen LogP contribution in [0.25, 0.3) is 0 Å². The van der Waals surface area contributed by atoms with Crippen LogP contribution in [0.4, 0.5) is 0 Å². The maximum atomic E-state index is 12.6. The van der Waals surface area contributed by atoms with Crippen molar-refractivity contribution in [2.45, 2.75) is 37.8 Å². The van der Waals surface area contributed by atoms with Gasteiger partial charge in [0.05, 0.1) is 23.8 Å². The Labute approximate surface area is 164 Å². The molecule has 2 heterocycles. The van der Waals surface area contributed by atoms with Crippen molar-refractivity contribution >= 4 is 30.1 Å². The van der Waals surface area contributed by atoms with Crippen LogP contribution in [-0.4, -0.2) is 54.5 Å². The Morgan fingerprint density at radius 3 is 2.63 bits per heavy atom. The maximum Gasteiger partial charge on any atom is 0.261 e. The molecular weight excluding hydrogens is 370 g/mol. The molecule has 0 radical (unpaired) electrons. The fraction of sp³-hybridized carbons (Fsp3) is 0.526. The highest BCUT2D eigenvalue weighted by atomic mass is 35.5. The minimum Gasteiger partial charge on any atom is -0.376 e. The van der Waals surface area contributed by atoms with Gasteiger partial charge in [-0.05, 0) is 49.8 Å². The van der Waals surface area contributed by atoms with E-state index in [9.17, 15) is 14.4 Å². The molecule has 0 bridgehead atoms. The van der Waals surface area contributed by atoms with Gasteiger partial charge >= 0.3 is 0 Å². The summed E-state index contributed by atoms with van der Waals surface area (Å²) >= 11 is 0. The molecule has 1 aromatic rings. The molecule has 7 nitrogen and oxygen atoms in total. The Morgan fingerprint density at radius 1 is 1.22 bits per heavy atom. The number of benzene rings is 1. The number of imide groups is 1. The summed E-state index contributed by atoms with van der Waals surface area (Å²) in [4.78, 5) is 38.7. The van der Waals surface area contributed by atoms with E-state index < -0.39 is 0 Å². The number of rotatable bonds is 6. The number of nitrogens with zero attached hydrogens (tertiary/aromatic N) is 1. The first-order chi connectivity index (χ1) is 12.5. The second kappa shape index (κ2) is 7.96. The Hall–Kier alpha value is -1.96. The Balaban J connectivity index is 0.00000210. The highest BCUT2D eigenvalue weighted by Crippen LogP contribution is 2.31. The van der Waals surface area contributed by atoms with Gasteiger partial charge in [-0.15, -0.1) is 12.4 Å². The van der Waals surface area contributed by atoms with Crippen molar-refractivity contribution in [1.29, 1.82) is 0 Å². The topological polar surface area (TPSA) is 102 Å². The largest absolute Gasteiger partial charge is 0.376 e. The van der Waals surface area contributed by atoms with Crippen molar-refractivity contribution in [3.63, 3.8) is 0 Å². The van der Waals surface area contributed by atoms with Gasteiger partial charge in [-0.2, -0.15) is 0 Å². The lowest BCUT2D eigenvalue weighted by atomic mass is 10.1. The van der Waals surface area contributed by atoms with Gasteiger partial charge in [-0.25, -0.2) is 0 Å². The summed E-state index contributed by atoms with van der Waals surface area (Å²) in [5.41, 5.74) is 7.00. The molecule has 0 aromatic heterocycles. The molecule has 0 spiro atoms. The van der Waals surface area contributed by atoms with Gasteiger partial charge in [0.25, 0.3) is 17.7 Å². The standard InChI is InChI=1S/C19H23N3O4.ClH/c20-16(11-3-4-11)9-21-17(23)12-5-6-14-15(8-12)19(25)22(18(14)24)10-13-2-1-7-26-13;/h5-6,8,11,13,16H,1-4,7,9-10,20H2,(H,21,23);1H. The predicted molar refractivity (Wildman–Crippen MR) is 101 cm³/mol. The first-order valence-corrected chi connectivity index (χ1v) is 9.20. The number of hydrogen-bond acceptors (Lipinski definition) is 5. The first kappa shape index (κ1) is 19.8. The van der Waals surface area contributed by atoms with Crippen molar-refractivity contribution in [3.8, 4) is 0 Å². The maximum absolute atomic E-state index is 12.6. The van der Waals surface area contributed by atoms with E-state index in [2.05, 4.69) is 5.32 Å². The van der Waals surface area contributed by atoms with Gasteiger partial charge in [0.1, 0.15) is 0 Å². The van der Waals surface area contributed by atoms with Gasteiger partial charge in [-0.3, -0.25) is 19.3 Å². The third-order valence-corrected chi connectivity index (χ3v) is 5.37. The Morgan fingerprint density at radius 2 is 1.96 bits per heavy atom. The van der Waals surface area contributed by atoms with Gasteiger partial charge in [0.2, 0.25) is 0 Å². The average Bonchev–Trinajstić information content (AvgIpc) is 3.33. The fourth-order valence-corrected chi connectivity index (χ4v) is 3.59. The number of hydrogen-bond donors (Lipinski definition) is 2. The minimum absolute atomic E-state index is 0. The zero-order valence-electron chi connectivity index (χ0n) is 15.0. The Bertz CT molecular complexity index is 759. The SMILES string of the molecule is Cl.NC(CNC(=O)c1ccc2c(c1)C(=O)N(CC1CCCO1)C2=O)C1CC1. The smallest absolute Gasteiger partial charge is 0.261 e. The summed E-state index contributed by atoms with van der Waals surface area (Å²) in [5.74, 6) is -0.448. The highest BCUT2D eigenvalue weighted by Gasteiger charge is 2.38. The molecule has 1 aliphatic carbocycles. The third-order valence-electron chi connectivity index (χ3n) is 5.37. The summed E-state index contributed by atoms with van der Waals surface area (Å²) in [6.45, 7) is 1.35. The number of fused-ring (bicyclic) bond motifs is 1. The minimum atomic E-state index is -0.357. The molecule has 146 valence electrons. The van der Waals surface area contributed by atoms with Crippen LogP contribution in [0.3, 0.4) is 0 Å². The number of amides is 3. The van der Waals surface area contributed by atoms with E-state index in [4.69, 9.17) is 10.5 Å². The molecule has 2 fully saturated rings. The van der Waals surface area contributed by atoms with Gasteiger partial charge in [-0.1, -0.05) is 0 Å². The van der Waals surface area contributed by atoms with Crippen molar-refractivity contribution in [2.75, 3.05) is 19.7 Å². The lowest BCUT2D eigenvalue weighted by Crippen LogP contribution is -2.38. The van der Waals surface area contributed by atoms with Crippen LogP contribution < -0.4 is 11.1 Å². The molecule has 2 aliphatic heterocycles. The van der Waals surface area contributed by atoms with E-state index in [0.717, 1.165) is 25.7 Å². The van der Waals surface area contributed by atoms with Gasteiger partial charge < -0.3 is 15.8 Å². The molecule has 1 aromatic carbocycles. The second-order valence-corrected chi connectivity index (χ2v) is 7.33. The quantitative estimate of drug-likeness (QED) is 0.710. The van der Waals surface area contributed by atoms with E-state index in [1.807, 2.05) is 0 Å². The lowest BCUT2D eigenvalue weighted by molar-refractivity contribution is 0.0475. The average molecular weight is 394 g/mol. The summed E-state index contributed by atoms with van der Waals surface area (Å²) in [6, 6.07) is 4.61. The Kier molecular flexibility index (Phi) is 5.83. The van der Waals surface area contributed by atoms with Crippen LogP contribution in [0.1, 0.15) is 56.8 Å². The van der Waals surface area contributed by atoms with Crippen LogP contribution in [0.15, 0.2) is 18.2 Å². The number of halogens is 1. The lowest BCUT2D eigenvalue weighted by Gasteiger charge is -2.17. The van der Waals surface area contributed by atoms with Gasteiger partial charge in [0, 0.05) is 24.8 Å². The summed E-state index contributed by atoms with van der Waals surface area (Å²) in [5, 5.41) is 2.81. The van der Waals surface area contributed by atoms with Crippen LogP contribution >= 0.6 is 12.4 Å². The molecule has 3 aliphatic rings. The van der Waals surface area contributed by atoms with Crippen molar-refractivity contribution < 1.29 is 19.1 Å². The molecule has 1 saturated heterocycles. The molecule has 1 saturated carbocycles. The van der Waals surface area contributed by atoms with E-state index >= 15 is 0 Å². The number of nitrogens with two attached hydrogens (primary N) is 1. The zero-order valence-corrected chi connectivity index (χ0v) is 15.8. The fourth-order valence-electron chi connectivity index (χ4n) is 3.59. The number of nitrogens with one attached hydrogen (secondary N) is 1. The van der Waals surface area contributed by atoms with E-state index in [-0.39, 0.29) is 54.4 Å². The molecule has 4 rings (SSSR count). The van der Waals surface area contributed by atoms with Crippen molar-refractivity contribution in [3.05, 3.63) is 34.9 Å². The first-order valence-electron chi connectivity index (χ1n) is 9.20. The van der Waals surface area contributed by atoms with Crippen LogP contribution in [0, 0.1) is 5.92 Å².